The fourth-order valence-corrected chi connectivity index (χ4v) is 1.50. The van der Waals surface area contributed by atoms with Gasteiger partial charge in [-0.05, 0) is 19.1 Å². The number of nitrogens with zero attached hydrogens (tertiary/aromatic N) is 3. The maximum atomic E-state index is 6.89. The van der Waals surface area contributed by atoms with Gasteiger partial charge in [-0.3, -0.25) is 4.68 Å². The van der Waals surface area contributed by atoms with Crippen molar-refractivity contribution in [3.8, 4) is 0 Å². The number of aryl methyl sites for hydroxylation is 2. The minimum Gasteiger partial charge on any atom is -0.268 e. The van der Waals surface area contributed by atoms with Gasteiger partial charge in [0, 0.05) is 12.4 Å². The monoisotopic (exact) mass is 171 g/mol. The zero-order valence-electron chi connectivity index (χ0n) is 7.57. The smallest absolute Gasteiger partial charge is 0.188 e. The average molecular weight is 171 g/mol. The second kappa shape index (κ2) is 2.60. The molecule has 3 heteroatoms. The third-order valence-corrected chi connectivity index (χ3v) is 2.15. The Balaban J connectivity index is 2.86. The van der Waals surface area contributed by atoms with Crippen molar-refractivity contribution in [2.24, 2.45) is 7.05 Å². The quantitative estimate of drug-likeness (QED) is 0.558. The largest absolute Gasteiger partial charge is 0.268 e. The molecule has 0 amide bonds. The predicted molar refractivity (Wildman–Crippen MR) is 51.7 cm³/mol. The van der Waals surface area contributed by atoms with Crippen molar-refractivity contribution in [2.45, 2.75) is 6.92 Å². The second-order valence-electron chi connectivity index (χ2n) is 3.02. The Kier molecular flexibility index (Phi) is 1.56. The first-order chi connectivity index (χ1) is 6.22. The van der Waals surface area contributed by atoms with Crippen LogP contribution in [-0.4, -0.2) is 9.78 Å². The minimum absolute atomic E-state index is 0.670. The van der Waals surface area contributed by atoms with E-state index in [0.29, 0.717) is 5.69 Å². The van der Waals surface area contributed by atoms with Crippen molar-refractivity contribution >= 4 is 16.6 Å². The number of rotatable bonds is 0. The van der Waals surface area contributed by atoms with E-state index in [1.165, 1.54) is 0 Å². The molecule has 0 radical (unpaired) electrons. The predicted octanol–water partition coefficient (Wildman–Crippen LogP) is 2.43. The molecule has 3 nitrogen and oxygen atoms in total. The molecule has 0 aliphatic carbocycles. The second-order valence-corrected chi connectivity index (χ2v) is 3.02. The van der Waals surface area contributed by atoms with Crippen LogP contribution in [0.3, 0.4) is 0 Å². The number of hydrogen-bond acceptors (Lipinski definition) is 1. The Morgan fingerprint density at radius 2 is 2.23 bits per heavy atom. The molecule has 2 rings (SSSR count). The number of aromatic nitrogens is 2. The molecular formula is C10H9N3. The fraction of sp³-hybridized carbons (Fsp3) is 0.200. The molecule has 1 aromatic carbocycles. The summed E-state index contributed by atoms with van der Waals surface area (Å²) in [7, 11) is 1.91. The van der Waals surface area contributed by atoms with Crippen LogP contribution in [0.1, 0.15) is 5.69 Å². The van der Waals surface area contributed by atoms with Gasteiger partial charge in [-0.15, -0.1) is 0 Å². The summed E-state index contributed by atoms with van der Waals surface area (Å²) in [5, 5.41) is 5.35. The first kappa shape index (κ1) is 7.81. The normalized spacial score (nSPS) is 10.2. The summed E-state index contributed by atoms with van der Waals surface area (Å²) in [6.45, 7) is 8.85. The molecule has 0 fully saturated rings. The van der Waals surface area contributed by atoms with Crippen molar-refractivity contribution < 1.29 is 0 Å². The lowest BCUT2D eigenvalue weighted by molar-refractivity contribution is 0.783. The lowest BCUT2D eigenvalue weighted by Crippen LogP contribution is -1.88. The summed E-state index contributed by atoms with van der Waals surface area (Å²) in [4.78, 5) is 3.38. The van der Waals surface area contributed by atoms with E-state index < -0.39 is 0 Å². The molecule has 0 aliphatic heterocycles. The highest BCUT2D eigenvalue weighted by Crippen LogP contribution is 2.23. The SMILES string of the molecule is [C-]#[N+]c1ccc2c(c1)c(C)nn2C. The Morgan fingerprint density at radius 1 is 1.46 bits per heavy atom. The first-order valence-electron chi connectivity index (χ1n) is 4.03. The molecule has 0 bridgehead atoms. The molecule has 0 unspecified atom stereocenters. The molecule has 0 aliphatic rings. The Bertz CT molecular complexity index is 503. The summed E-state index contributed by atoms with van der Waals surface area (Å²) >= 11 is 0. The van der Waals surface area contributed by atoms with Crippen LogP contribution in [-0.2, 0) is 7.05 Å². The molecule has 1 heterocycles. The zero-order chi connectivity index (χ0) is 9.42. The lowest BCUT2D eigenvalue weighted by atomic mass is 10.2. The van der Waals surface area contributed by atoms with Crippen LogP contribution in [0.2, 0.25) is 0 Å². The molecule has 0 atom stereocenters. The van der Waals surface area contributed by atoms with Gasteiger partial charge < -0.3 is 0 Å². The molecule has 0 spiro atoms. The highest BCUT2D eigenvalue weighted by atomic mass is 15.3. The van der Waals surface area contributed by atoms with Crippen molar-refractivity contribution in [3.05, 3.63) is 35.3 Å². The standard InChI is InChI=1S/C10H9N3/c1-7-9-6-8(11-2)4-5-10(9)13(3)12-7/h4-6H,1,3H3. The van der Waals surface area contributed by atoms with Gasteiger partial charge in [0.15, 0.2) is 5.69 Å². The third kappa shape index (κ3) is 1.07. The third-order valence-electron chi connectivity index (χ3n) is 2.15. The van der Waals surface area contributed by atoms with E-state index in [-0.39, 0.29) is 0 Å². The highest BCUT2D eigenvalue weighted by molar-refractivity contribution is 5.85. The Morgan fingerprint density at radius 3 is 2.92 bits per heavy atom. The van der Waals surface area contributed by atoms with E-state index in [9.17, 15) is 0 Å². The van der Waals surface area contributed by atoms with E-state index in [2.05, 4.69) is 9.94 Å². The number of fused-ring (bicyclic) bond motifs is 1. The van der Waals surface area contributed by atoms with Crippen LogP contribution in [0.25, 0.3) is 15.7 Å². The number of benzene rings is 1. The maximum absolute atomic E-state index is 6.89. The summed E-state index contributed by atoms with van der Waals surface area (Å²) in [5.41, 5.74) is 2.72. The molecular weight excluding hydrogens is 162 g/mol. The zero-order valence-corrected chi connectivity index (χ0v) is 7.57. The molecule has 64 valence electrons. The van der Waals surface area contributed by atoms with Crippen LogP contribution in [0, 0.1) is 13.5 Å². The molecule has 2 aromatic rings. The summed E-state index contributed by atoms with van der Waals surface area (Å²) in [6.07, 6.45) is 0. The van der Waals surface area contributed by atoms with Crippen LogP contribution >= 0.6 is 0 Å². The van der Waals surface area contributed by atoms with Gasteiger partial charge in [0.05, 0.1) is 17.8 Å². The van der Waals surface area contributed by atoms with Gasteiger partial charge in [-0.2, -0.15) is 5.10 Å². The van der Waals surface area contributed by atoms with E-state index in [1.54, 1.807) is 0 Å². The average Bonchev–Trinajstić information content (AvgIpc) is 2.42. The van der Waals surface area contributed by atoms with Crippen LogP contribution < -0.4 is 0 Å². The number of hydrogen-bond donors (Lipinski definition) is 0. The van der Waals surface area contributed by atoms with Crippen LogP contribution in [0.4, 0.5) is 5.69 Å². The van der Waals surface area contributed by atoms with Gasteiger partial charge in [-0.1, -0.05) is 6.07 Å². The Hall–Kier alpha value is -1.82. The van der Waals surface area contributed by atoms with Gasteiger partial charge >= 0.3 is 0 Å². The van der Waals surface area contributed by atoms with Gasteiger partial charge in [0.25, 0.3) is 0 Å². The van der Waals surface area contributed by atoms with Crippen LogP contribution in [0.5, 0.6) is 0 Å². The summed E-state index contributed by atoms with van der Waals surface area (Å²) < 4.78 is 1.83. The molecule has 0 saturated carbocycles. The molecule has 13 heavy (non-hydrogen) atoms. The molecule has 0 saturated heterocycles. The van der Waals surface area contributed by atoms with E-state index in [4.69, 9.17) is 6.57 Å². The fourth-order valence-electron chi connectivity index (χ4n) is 1.50. The minimum atomic E-state index is 0.670. The van der Waals surface area contributed by atoms with Crippen LogP contribution in [0.15, 0.2) is 18.2 Å². The maximum Gasteiger partial charge on any atom is 0.188 e. The summed E-state index contributed by atoms with van der Waals surface area (Å²) in [5.74, 6) is 0. The molecule has 1 aromatic heterocycles. The van der Waals surface area contributed by atoms with Gasteiger partial charge in [0.2, 0.25) is 0 Å². The van der Waals surface area contributed by atoms with E-state index in [0.717, 1.165) is 16.6 Å². The first-order valence-corrected chi connectivity index (χ1v) is 4.03. The lowest BCUT2D eigenvalue weighted by Gasteiger charge is -1.93. The van der Waals surface area contributed by atoms with Gasteiger partial charge in [0.1, 0.15) is 0 Å². The van der Waals surface area contributed by atoms with E-state index in [1.807, 2.05) is 36.9 Å². The van der Waals surface area contributed by atoms with Crippen molar-refractivity contribution in [1.29, 1.82) is 0 Å². The highest BCUT2D eigenvalue weighted by Gasteiger charge is 2.04. The summed E-state index contributed by atoms with van der Waals surface area (Å²) in [6, 6.07) is 5.63. The van der Waals surface area contributed by atoms with Crippen molar-refractivity contribution in [1.82, 2.24) is 9.78 Å². The molecule has 0 N–H and O–H groups in total. The van der Waals surface area contributed by atoms with Gasteiger partial charge in [-0.25, -0.2) is 4.85 Å². The topological polar surface area (TPSA) is 22.2 Å². The Labute approximate surface area is 76.4 Å². The van der Waals surface area contributed by atoms with E-state index >= 15 is 0 Å². The van der Waals surface area contributed by atoms with Crippen molar-refractivity contribution in [2.75, 3.05) is 0 Å². The van der Waals surface area contributed by atoms with Crippen molar-refractivity contribution in [3.63, 3.8) is 0 Å².